The fourth-order valence-electron chi connectivity index (χ4n) is 2.23. The summed E-state index contributed by atoms with van der Waals surface area (Å²) >= 11 is 0. The maximum Gasteiger partial charge on any atom is 0.148 e. The maximum atomic E-state index is 4.69. The van der Waals surface area contributed by atoms with Crippen LogP contribution in [0.4, 0.5) is 0 Å². The molecule has 3 aromatic heterocycles. The van der Waals surface area contributed by atoms with Gasteiger partial charge < -0.3 is 5.32 Å². The molecule has 0 saturated carbocycles. The average molecular weight is 318 g/mol. The number of nitrogens with one attached hydrogen (secondary N) is 2. The van der Waals surface area contributed by atoms with Crippen LogP contribution in [0.2, 0.25) is 0 Å². The van der Waals surface area contributed by atoms with Crippen LogP contribution in [0.5, 0.6) is 0 Å². The molecule has 0 spiro atoms. The van der Waals surface area contributed by atoms with E-state index < -0.39 is 0 Å². The number of hydrogen-bond donors (Lipinski definition) is 2. The number of aromatic amines is 1. The van der Waals surface area contributed by atoms with Gasteiger partial charge in [0.25, 0.3) is 0 Å². The van der Waals surface area contributed by atoms with E-state index in [-0.39, 0.29) is 0 Å². The first-order chi connectivity index (χ1) is 11.9. The molecule has 6 nitrogen and oxygen atoms in total. The number of nitrogens with zero attached hydrogens (tertiary/aromatic N) is 4. The SMILES string of the molecule is CNC=C(c1cn[nH]c1)c1ccccc(=NCc2ccncc2)n1. The van der Waals surface area contributed by atoms with Gasteiger partial charge in [0.2, 0.25) is 0 Å². The van der Waals surface area contributed by atoms with Crippen molar-refractivity contribution in [1.82, 2.24) is 25.5 Å². The van der Waals surface area contributed by atoms with E-state index in [9.17, 15) is 0 Å². The molecule has 0 bridgehead atoms. The Balaban J connectivity index is 1.98. The van der Waals surface area contributed by atoms with Crippen molar-refractivity contribution in [2.45, 2.75) is 6.54 Å². The molecule has 0 fully saturated rings. The molecular weight excluding hydrogens is 300 g/mol. The van der Waals surface area contributed by atoms with E-state index in [4.69, 9.17) is 4.98 Å². The molecule has 24 heavy (non-hydrogen) atoms. The molecule has 0 atom stereocenters. The lowest BCUT2D eigenvalue weighted by molar-refractivity contribution is 0.961. The molecule has 3 aromatic rings. The second kappa shape index (κ2) is 7.82. The van der Waals surface area contributed by atoms with Crippen molar-refractivity contribution in [3.05, 3.63) is 89.7 Å². The largest absolute Gasteiger partial charge is 0.393 e. The third kappa shape index (κ3) is 3.92. The molecule has 3 heterocycles. The second-order valence-corrected chi connectivity index (χ2v) is 5.08. The van der Waals surface area contributed by atoms with Gasteiger partial charge in [0.1, 0.15) is 5.49 Å². The van der Waals surface area contributed by atoms with Crippen LogP contribution in [-0.4, -0.2) is 27.2 Å². The van der Waals surface area contributed by atoms with Gasteiger partial charge in [-0.2, -0.15) is 5.10 Å². The molecule has 2 N–H and O–H groups in total. The zero-order valence-corrected chi connectivity index (χ0v) is 13.3. The smallest absolute Gasteiger partial charge is 0.148 e. The molecule has 0 radical (unpaired) electrons. The summed E-state index contributed by atoms with van der Waals surface area (Å²) in [5.41, 5.74) is 4.51. The first-order valence-electron chi connectivity index (χ1n) is 7.60. The summed E-state index contributed by atoms with van der Waals surface area (Å²) in [5, 5.41) is 9.91. The van der Waals surface area contributed by atoms with E-state index >= 15 is 0 Å². The molecule has 120 valence electrons. The Morgan fingerprint density at radius 1 is 1.21 bits per heavy atom. The average Bonchev–Trinajstić information content (AvgIpc) is 3.04. The monoisotopic (exact) mass is 318 g/mol. The third-order valence-corrected chi connectivity index (χ3v) is 3.39. The fourth-order valence-corrected chi connectivity index (χ4v) is 2.23. The first-order valence-corrected chi connectivity index (χ1v) is 7.60. The van der Waals surface area contributed by atoms with E-state index in [2.05, 4.69) is 25.5 Å². The molecular formula is C18H18N6. The molecule has 0 aliphatic carbocycles. The highest BCUT2D eigenvalue weighted by Gasteiger charge is 2.06. The van der Waals surface area contributed by atoms with Gasteiger partial charge in [-0.25, -0.2) is 4.98 Å². The highest BCUT2D eigenvalue weighted by molar-refractivity contribution is 5.76. The number of rotatable bonds is 5. The zero-order chi connectivity index (χ0) is 16.6. The minimum Gasteiger partial charge on any atom is -0.393 e. The summed E-state index contributed by atoms with van der Waals surface area (Å²) in [4.78, 5) is 13.3. The number of pyridine rings is 1. The number of H-pyrrole nitrogens is 1. The van der Waals surface area contributed by atoms with Crippen LogP contribution in [0.3, 0.4) is 0 Å². The van der Waals surface area contributed by atoms with Crippen molar-refractivity contribution in [1.29, 1.82) is 0 Å². The Hall–Kier alpha value is -3.28. The van der Waals surface area contributed by atoms with Crippen molar-refractivity contribution in [2.75, 3.05) is 7.05 Å². The Morgan fingerprint density at radius 2 is 2.04 bits per heavy atom. The quantitative estimate of drug-likeness (QED) is 0.753. The Morgan fingerprint density at radius 3 is 2.79 bits per heavy atom. The van der Waals surface area contributed by atoms with E-state index in [0.717, 1.165) is 22.4 Å². The van der Waals surface area contributed by atoms with Gasteiger partial charge in [0.05, 0.1) is 18.4 Å². The summed E-state index contributed by atoms with van der Waals surface area (Å²) in [7, 11) is 1.86. The predicted molar refractivity (Wildman–Crippen MR) is 92.5 cm³/mol. The summed E-state index contributed by atoms with van der Waals surface area (Å²) < 4.78 is 0. The fraction of sp³-hybridized carbons (Fsp3) is 0.111. The lowest BCUT2D eigenvalue weighted by Crippen LogP contribution is -2.08. The van der Waals surface area contributed by atoms with Gasteiger partial charge in [-0.3, -0.25) is 15.1 Å². The Bertz CT molecular complexity index is 869. The number of hydrogen-bond acceptors (Lipinski definition) is 5. The molecule has 0 amide bonds. The zero-order valence-electron chi connectivity index (χ0n) is 13.3. The highest BCUT2D eigenvalue weighted by Crippen LogP contribution is 2.18. The molecule has 6 heteroatoms. The van der Waals surface area contributed by atoms with Crippen molar-refractivity contribution >= 4 is 5.57 Å². The Labute approximate surface area is 140 Å². The van der Waals surface area contributed by atoms with Crippen LogP contribution in [0, 0.1) is 0 Å². The lowest BCUT2D eigenvalue weighted by atomic mass is 10.1. The standard InChI is InChI=1S/C18H18N6/c1-19-13-16(15-11-22-23-12-15)17-4-2-3-5-18(24-17)21-10-14-6-8-20-9-7-14/h2-9,11-13,19H,10H2,1H3,(H,22,23). The molecule has 0 saturated heterocycles. The van der Waals surface area contributed by atoms with Crippen LogP contribution in [-0.2, 0) is 6.54 Å². The summed E-state index contributed by atoms with van der Waals surface area (Å²) in [6.45, 7) is 0.565. The molecule has 0 aromatic carbocycles. The van der Waals surface area contributed by atoms with Crippen molar-refractivity contribution in [3.8, 4) is 0 Å². The van der Waals surface area contributed by atoms with Crippen LogP contribution >= 0.6 is 0 Å². The second-order valence-electron chi connectivity index (χ2n) is 5.08. The number of aromatic nitrogens is 4. The van der Waals surface area contributed by atoms with Crippen LogP contribution in [0.15, 0.2) is 72.4 Å². The van der Waals surface area contributed by atoms with Gasteiger partial charge >= 0.3 is 0 Å². The van der Waals surface area contributed by atoms with E-state index in [1.54, 1.807) is 18.6 Å². The van der Waals surface area contributed by atoms with Gasteiger partial charge in [-0.1, -0.05) is 12.1 Å². The normalized spacial score (nSPS) is 12.2. The molecule has 0 aliphatic rings. The van der Waals surface area contributed by atoms with Crippen molar-refractivity contribution in [3.63, 3.8) is 0 Å². The van der Waals surface area contributed by atoms with Gasteiger partial charge in [-0.15, -0.1) is 0 Å². The molecule has 0 unspecified atom stereocenters. The first kappa shape index (κ1) is 15.6. The summed E-state index contributed by atoms with van der Waals surface area (Å²) in [5.74, 6) is 0. The van der Waals surface area contributed by atoms with Crippen molar-refractivity contribution in [2.24, 2.45) is 4.99 Å². The van der Waals surface area contributed by atoms with Crippen LogP contribution in [0.1, 0.15) is 16.8 Å². The van der Waals surface area contributed by atoms with Crippen LogP contribution < -0.4 is 10.8 Å². The summed E-state index contributed by atoms with van der Waals surface area (Å²) in [6, 6.07) is 11.7. The minimum atomic E-state index is 0.565. The van der Waals surface area contributed by atoms with E-state index in [1.165, 1.54) is 0 Å². The van der Waals surface area contributed by atoms with Gasteiger partial charge in [-0.05, 0) is 29.8 Å². The van der Waals surface area contributed by atoms with Crippen LogP contribution in [0.25, 0.3) is 5.57 Å². The van der Waals surface area contributed by atoms with Gasteiger partial charge in [0, 0.05) is 43.0 Å². The lowest BCUT2D eigenvalue weighted by Gasteiger charge is -2.02. The minimum absolute atomic E-state index is 0.565. The Kier molecular flexibility index (Phi) is 5.09. The van der Waals surface area contributed by atoms with Crippen molar-refractivity contribution < 1.29 is 0 Å². The predicted octanol–water partition coefficient (Wildman–Crippen LogP) is 1.91. The van der Waals surface area contributed by atoms with Gasteiger partial charge in [0.15, 0.2) is 0 Å². The highest BCUT2D eigenvalue weighted by atomic mass is 15.1. The third-order valence-electron chi connectivity index (χ3n) is 3.39. The topological polar surface area (TPSA) is 78.9 Å². The molecule has 3 rings (SSSR count). The molecule has 0 aliphatic heterocycles. The summed E-state index contributed by atoms with van der Waals surface area (Å²) in [6.07, 6.45) is 9.04. The van der Waals surface area contributed by atoms with E-state index in [0.29, 0.717) is 12.0 Å². The maximum absolute atomic E-state index is 4.69. The van der Waals surface area contributed by atoms with E-state index in [1.807, 2.05) is 55.8 Å².